The third-order valence-electron chi connectivity index (χ3n) is 6.76. The van der Waals surface area contributed by atoms with Gasteiger partial charge in [0.25, 0.3) is 5.82 Å². The van der Waals surface area contributed by atoms with Gasteiger partial charge in [0.05, 0.1) is 5.56 Å². The Bertz CT molecular complexity index is 1290. The second-order valence-electron chi connectivity index (χ2n) is 10.6. The molecule has 0 fully saturated rings. The molecule has 3 aromatic carbocycles. The first-order chi connectivity index (χ1) is 16.1. The van der Waals surface area contributed by atoms with E-state index in [-0.39, 0.29) is 5.54 Å². The summed E-state index contributed by atoms with van der Waals surface area (Å²) in [5.74, 6) is 1.24. The lowest BCUT2D eigenvalue weighted by atomic mass is 9.93. The molecule has 34 heavy (non-hydrogen) atoms. The lowest BCUT2D eigenvalue weighted by Crippen LogP contribution is -2.50. The maximum Gasteiger partial charge on any atom is 0.294 e. The molecular formula is C32H39N2+. The highest BCUT2D eigenvalue weighted by molar-refractivity contribution is 5.71. The predicted molar refractivity (Wildman–Crippen MR) is 145 cm³/mol. The predicted octanol–water partition coefficient (Wildman–Crippen LogP) is 7.90. The van der Waals surface area contributed by atoms with Gasteiger partial charge in [-0.05, 0) is 100 Å². The first-order valence-electron chi connectivity index (χ1n) is 12.6. The van der Waals surface area contributed by atoms with Gasteiger partial charge in [-0.1, -0.05) is 61.4 Å². The second kappa shape index (κ2) is 9.25. The molecule has 0 atom stereocenters. The van der Waals surface area contributed by atoms with Gasteiger partial charge in [-0.2, -0.15) is 4.57 Å². The molecule has 1 heterocycles. The Morgan fingerprint density at radius 3 is 1.85 bits per heavy atom. The zero-order valence-electron chi connectivity index (χ0n) is 22.2. The van der Waals surface area contributed by atoms with Gasteiger partial charge >= 0.3 is 0 Å². The smallest absolute Gasteiger partial charge is 0.225 e. The molecule has 0 radical (unpaired) electrons. The van der Waals surface area contributed by atoms with Crippen LogP contribution in [0.25, 0.3) is 28.2 Å². The number of imidazole rings is 1. The molecular weight excluding hydrogens is 412 g/mol. The molecule has 0 aliphatic heterocycles. The van der Waals surface area contributed by atoms with Gasteiger partial charge in [-0.25, -0.2) is 4.57 Å². The minimum Gasteiger partial charge on any atom is -0.225 e. The topological polar surface area (TPSA) is 8.81 Å². The number of hydrogen-bond acceptors (Lipinski definition) is 0. The summed E-state index contributed by atoms with van der Waals surface area (Å²) in [5.41, 5.74) is 11.9. The molecule has 4 rings (SSSR count). The van der Waals surface area contributed by atoms with Crippen molar-refractivity contribution < 1.29 is 4.57 Å². The van der Waals surface area contributed by atoms with E-state index in [9.17, 15) is 0 Å². The zero-order valence-corrected chi connectivity index (χ0v) is 22.2. The number of benzene rings is 3. The van der Waals surface area contributed by atoms with E-state index in [1.165, 1.54) is 56.0 Å². The van der Waals surface area contributed by atoms with Gasteiger partial charge in [-0.3, -0.25) is 0 Å². The maximum absolute atomic E-state index is 2.44. The fourth-order valence-electron chi connectivity index (χ4n) is 5.11. The summed E-state index contributed by atoms with van der Waals surface area (Å²) < 4.78 is 4.86. The first kappa shape index (κ1) is 24.0. The van der Waals surface area contributed by atoms with Crippen LogP contribution in [-0.2, 0) is 18.4 Å². The van der Waals surface area contributed by atoms with Gasteiger partial charge in [0, 0.05) is 0 Å². The lowest BCUT2D eigenvalue weighted by Gasteiger charge is -2.20. The molecule has 0 aliphatic carbocycles. The molecule has 0 aliphatic rings. The molecule has 176 valence electrons. The maximum atomic E-state index is 2.44. The van der Waals surface area contributed by atoms with Crippen LogP contribution in [0.3, 0.4) is 0 Å². The molecule has 0 amide bonds. The summed E-state index contributed by atoms with van der Waals surface area (Å²) in [6.45, 7) is 18.0. The molecule has 2 nitrogen and oxygen atoms in total. The van der Waals surface area contributed by atoms with Gasteiger partial charge in [0.15, 0.2) is 0 Å². The first-order valence-corrected chi connectivity index (χ1v) is 12.6. The summed E-state index contributed by atoms with van der Waals surface area (Å²) in [6, 6.07) is 20.4. The zero-order chi connectivity index (χ0) is 24.6. The molecule has 0 unspecified atom stereocenters. The quantitative estimate of drug-likeness (QED) is 0.273. The summed E-state index contributed by atoms with van der Waals surface area (Å²) in [7, 11) is 0. The van der Waals surface area contributed by atoms with Crippen molar-refractivity contribution in [1.29, 1.82) is 0 Å². The van der Waals surface area contributed by atoms with Crippen molar-refractivity contribution >= 4 is 0 Å². The Morgan fingerprint density at radius 2 is 1.32 bits per heavy atom. The average molecular weight is 452 g/mol. The number of nitrogens with zero attached hydrogens (tertiary/aromatic N) is 2. The summed E-state index contributed by atoms with van der Waals surface area (Å²) >= 11 is 0. The molecule has 1 aromatic heterocycles. The highest BCUT2D eigenvalue weighted by Gasteiger charge is 2.31. The van der Waals surface area contributed by atoms with Gasteiger partial charge in [-0.15, -0.1) is 0 Å². The van der Waals surface area contributed by atoms with Gasteiger partial charge in [0.1, 0.15) is 23.6 Å². The average Bonchev–Trinajstić information content (AvgIpc) is 3.22. The van der Waals surface area contributed by atoms with Crippen LogP contribution in [0.1, 0.15) is 62.4 Å². The lowest BCUT2D eigenvalue weighted by molar-refractivity contribution is -0.743. The van der Waals surface area contributed by atoms with Crippen LogP contribution in [0.15, 0.2) is 67.0 Å². The fraction of sp³-hybridized carbons (Fsp3) is 0.344. The van der Waals surface area contributed by atoms with Crippen molar-refractivity contribution in [3.63, 3.8) is 0 Å². The van der Waals surface area contributed by atoms with E-state index in [1.54, 1.807) is 0 Å². The van der Waals surface area contributed by atoms with Crippen LogP contribution in [0, 0.1) is 20.8 Å². The Kier molecular flexibility index (Phi) is 6.53. The number of aromatic nitrogens is 2. The van der Waals surface area contributed by atoms with Crippen LogP contribution in [0.2, 0.25) is 0 Å². The second-order valence-corrected chi connectivity index (χ2v) is 10.6. The Morgan fingerprint density at radius 1 is 0.765 bits per heavy atom. The summed E-state index contributed by atoms with van der Waals surface area (Å²) in [5, 5.41) is 0. The van der Waals surface area contributed by atoms with Crippen LogP contribution in [-0.4, -0.2) is 4.57 Å². The van der Waals surface area contributed by atoms with Crippen LogP contribution < -0.4 is 4.57 Å². The molecule has 0 spiro atoms. The normalized spacial score (nSPS) is 11.8. The van der Waals surface area contributed by atoms with Gasteiger partial charge < -0.3 is 0 Å². The minimum atomic E-state index is -0.0271. The molecule has 0 saturated heterocycles. The summed E-state index contributed by atoms with van der Waals surface area (Å²) in [4.78, 5) is 0. The monoisotopic (exact) mass is 451 g/mol. The molecule has 2 heteroatoms. The molecule has 4 aromatic rings. The van der Waals surface area contributed by atoms with Crippen molar-refractivity contribution in [3.8, 4) is 28.2 Å². The van der Waals surface area contributed by atoms with Crippen LogP contribution in [0.5, 0.6) is 0 Å². The minimum absolute atomic E-state index is 0.0271. The van der Waals surface area contributed by atoms with E-state index in [1.807, 2.05) is 0 Å². The standard InChI is InChI=1S/C32H39N2/c1-9-25-20-28(27-18-22(3)17-23(4)19-27)21-26(10-2)30(25)33-15-16-34(32(6,7)8)31(33)29-14-12-11-13-24(29)5/h11-21H,9-10H2,1-8H3/q+1. The Balaban J connectivity index is 2.02. The van der Waals surface area contributed by atoms with Crippen molar-refractivity contribution in [3.05, 3.63) is 94.8 Å². The van der Waals surface area contributed by atoms with Crippen LogP contribution in [0.4, 0.5) is 0 Å². The van der Waals surface area contributed by atoms with Crippen molar-refractivity contribution in [1.82, 2.24) is 4.57 Å². The third kappa shape index (κ3) is 4.46. The third-order valence-corrected chi connectivity index (χ3v) is 6.76. The Labute approximate surface area is 205 Å². The van der Waals surface area contributed by atoms with E-state index in [0.717, 1.165) is 12.8 Å². The number of aryl methyl sites for hydroxylation is 5. The van der Waals surface area contributed by atoms with E-state index in [4.69, 9.17) is 0 Å². The van der Waals surface area contributed by atoms with Crippen LogP contribution >= 0.6 is 0 Å². The summed E-state index contributed by atoms with van der Waals surface area (Å²) in [6.07, 6.45) is 6.49. The van der Waals surface area contributed by atoms with Crippen molar-refractivity contribution in [2.24, 2.45) is 0 Å². The van der Waals surface area contributed by atoms with E-state index >= 15 is 0 Å². The van der Waals surface area contributed by atoms with E-state index < -0.39 is 0 Å². The van der Waals surface area contributed by atoms with E-state index in [0.29, 0.717) is 0 Å². The Hall–Kier alpha value is -3.13. The highest BCUT2D eigenvalue weighted by Crippen LogP contribution is 2.34. The van der Waals surface area contributed by atoms with Crippen molar-refractivity contribution in [2.75, 3.05) is 0 Å². The number of rotatable bonds is 5. The van der Waals surface area contributed by atoms with Crippen molar-refractivity contribution in [2.45, 2.75) is 73.8 Å². The largest absolute Gasteiger partial charge is 0.294 e. The molecule has 0 saturated carbocycles. The fourth-order valence-corrected chi connectivity index (χ4v) is 5.11. The molecule has 0 N–H and O–H groups in total. The van der Waals surface area contributed by atoms with E-state index in [2.05, 4.69) is 132 Å². The SMILES string of the molecule is CCc1cc(-c2cc(C)cc(C)c2)cc(CC)c1-n1cc[n+](C(C)(C)C)c1-c1ccccc1C. The number of hydrogen-bond donors (Lipinski definition) is 0. The van der Waals surface area contributed by atoms with Gasteiger partial charge in [0.2, 0.25) is 0 Å². The molecule has 0 bridgehead atoms. The highest BCUT2D eigenvalue weighted by atomic mass is 15.2.